The van der Waals surface area contributed by atoms with Crippen molar-refractivity contribution in [2.75, 3.05) is 31.1 Å². The normalized spacial score (nSPS) is 16.2. The van der Waals surface area contributed by atoms with Gasteiger partial charge in [-0.3, -0.25) is 0 Å². The number of piperazine rings is 1. The van der Waals surface area contributed by atoms with Crippen LogP contribution < -0.4 is 4.90 Å². The van der Waals surface area contributed by atoms with Gasteiger partial charge < -0.3 is 4.90 Å². The molecule has 1 aliphatic heterocycles. The third-order valence-electron chi connectivity index (χ3n) is 4.29. The van der Waals surface area contributed by atoms with Crippen molar-refractivity contribution in [3.63, 3.8) is 0 Å². The molecule has 1 aliphatic rings. The summed E-state index contributed by atoms with van der Waals surface area (Å²) in [4.78, 5) is 2.29. The van der Waals surface area contributed by atoms with Crippen LogP contribution in [0.5, 0.6) is 0 Å². The van der Waals surface area contributed by atoms with E-state index in [0.29, 0.717) is 36.2 Å². The van der Waals surface area contributed by atoms with Crippen molar-refractivity contribution < 1.29 is 8.42 Å². The fourth-order valence-corrected chi connectivity index (χ4v) is 4.74. The first-order valence-electron chi connectivity index (χ1n) is 7.75. The van der Waals surface area contributed by atoms with E-state index < -0.39 is 10.0 Å². The smallest absolute Gasteiger partial charge is 0.243 e. The number of rotatable bonds is 3. The Labute approximate surface area is 162 Å². The first kappa shape index (κ1) is 18.8. The molecule has 2 aromatic rings. The second-order valence-corrected chi connectivity index (χ2v) is 9.06. The Morgan fingerprint density at radius 3 is 2.12 bits per heavy atom. The van der Waals surface area contributed by atoms with Crippen LogP contribution in [0.1, 0.15) is 5.56 Å². The molecule has 0 aromatic heterocycles. The molecule has 1 saturated heterocycles. The van der Waals surface area contributed by atoms with E-state index in [0.717, 1.165) is 11.3 Å². The van der Waals surface area contributed by atoms with E-state index in [1.807, 2.05) is 25.1 Å². The SMILES string of the molecule is Cc1ccc(N2CCN(S(=O)(=O)c3ccc(Cl)c(Cl)c3)CC2)cc1Cl. The van der Waals surface area contributed by atoms with E-state index in [2.05, 4.69) is 4.90 Å². The van der Waals surface area contributed by atoms with Gasteiger partial charge in [0.2, 0.25) is 10.0 Å². The molecule has 0 radical (unpaired) electrons. The number of sulfonamides is 1. The number of hydrogen-bond donors (Lipinski definition) is 0. The lowest BCUT2D eigenvalue weighted by molar-refractivity contribution is 0.385. The van der Waals surface area contributed by atoms with Gasteiger partial charge in [0.05, 0.1) is 14.9 Å². The maximum absolute atomic E-state index is 12.8. The molecule has 0 saturated carbocycles. The standard InChI is InChI=1S/C17H17Cl3N2O2S/c1-12-2-3-13(10-16(12)19)21-6-8-22(9-7-21)25(23,24)14-4-5-15(18)17(20)11-14/h2-5,10-11H,6-9H2,1H3. The predicted octanol–water partition coefficient (Wildman–Crippen LogP) is 4.47. The lowest BCUT2D eigenvalue weighted by Gasteiger charge is -2.35. The molecule has 4 nitrogen and oxygen atoms in total. The zero-order valence-corrected chi connectivity index (χ0v) is 16.6. The minimum Gasteiger partial charge on any atom is -0.369 e. The minimum absolute atomic E-state index is 0.161. The number of aryl methyl sites for hydroxylation is 1. The molecule has 1 fully saturated rings. The Bertz CT molecular complexity index is 895. The van der Waals surface area contributed by atoms with Gasteiger partial charge in [-0.05, 0) is 42.8 Å². The highest BCUT2D eigenvalue weighted by atomic mass is 35.5. The van der Waals surface area contributed by atoms with Crippen LogP contribution in [0, 0.1) is 6.92 Å². The molecule has 0 atom stereocenters. The van der Waals surface area contributed by atoms with Crippen molar-refractivity contribution in [1.82, 2.24) is 4.31 Å². The molecular weight excluding hydrogens is 403 g/mol. The molecule has 0 N–H and O–H groups in total. The van der Waals surface area contributed by atoms with Crippen molar-refractivity contribution in [2.24, 2.45) is 0 Å². The van der Waals surface area contributed by atoms with Crippen LogP contribution in [0.15, 0.2) is 41.3 Å². The lowest BCUT2D eigenvalue weighted by Crippen LogP contribution is -2.48. The van der Waals surface area contributed by atoms with Crippen LogP contribution in [0.2, 0.25) is 15.1 Å². The van der Waals surface area contributed by atoms with Crippen molar-refractivity contribution in [2.45, 2.75) is 11.8 Å². The fraction of sp³-hybridized carbons (Fsp3) is 0.294. The van der Waals surface area contributed by atoms with Crippen LogP contribution in [0.4, 0.5) is 5.69 Å². The van der Waals surface area contributed by atoms with Gasteiger partial charge in [-0.1, -0.05) is 40.9 Å². The van der Waals surface area contributed by atoms with Gasteiger partial charge in [-0.25, -0.2) is 8.42 Å². The van der Waals surface area contributed by atoms with E-state index >= 15 is 0 Å². The van der Waals surface area contributed by atoms with Gasteiger partial charge in [0.15, 0.2) is 0 Å². The molecule has 0 bridgehead atoms. The van der Waals surface area contributed by atoms with E-state index in [1.54, 1.807) is 0 Å². The number of nitrogens with zero attached hydrogens (tertiary/aromatic N) is 2. The van der Waals surface area contributed by atoms with E-state index in [9.17, 15) is 8.42 Å². The van der Waals surface area contributed by atoms with Crippen LogP contribution >= 0.6 is 34.8 Å². The zero-order valence-electron chi connectivity index (χ0n) is 13.5. The van der Waals surface area contributed by atoms with Crippen LogP contribution in [0.25, 0.3) is 0 Å². The van der Waals surface area contributed by atoms with Crippen LogP contribution in [0.3, 0.4) is 0 Å². The topological polar surface area (TPSA) is 40.6 Å². The van der Waals surface area contributed by atoms with E-state index in [1.165, 1.54) is 22.5 Å². The molecular formula is C17H17Cl3N2O2S. The largest absolute Gasteiger partial charge is 0.369 e. The summed E-state index contributed by atoms with van der Waals surface area (Å²) in [6.07, 6.45) is 0. The Hall–Kier alpha value is -0.980. The quantitative estimate of drug-likeness (QED) is 0.737. The predicted molar refractivity (Wildman–Crippen MR) is 104 cm³/mol. The monoisotopic (exact) mass is 418 g/mol. The Morgan fingerprint density at radius 1 is 0.840 bits per heavy atom. The summed E-state index contributed by atoms with van der Waals surface area (Å²) in [5.41, 5.74) is 2.02. The average molecular weight is 420 g/mol. The summed E-state index contributed by atoms with van der Waals surface area (Å²) in [5.74, 6) is 0. The second kappa shape index (κ2) is 7.33. The molecule has 0 unspecified atom stereocenters. The van der Waals surface area contributed by atoms with Gasteiger partial charge >= 0.3 is 0 Å². The summed E-state index contributed by atoms with van der Waals surface area (Å²) in [6.45, 7) is 3.94. The highest BCUT2D eigenvalue weighted by Crippen LogP contribution is 2.28. The van der Waals surface area contributed by atoms with E-state index in [4.69, 9.17) is 34.8 Å². The molecule has 1 heterocycles. The van der Waals surface area contributed by atoms with Gasteiger partial charge in [0, 0.05) is 36.9 Å². The summed E-state index contributed by atoms with van der Waals surface area (Å²) in [5, 5.41) is 1.28. The Balaban J connectivity index is 1.74. The number of benzene rings is 2. The van der Waals surface area contributed by atoms with Crippen molar-refractivity contribution in [1.29, 1.82) is 0 Å². The molecule has 25 heavy (non-hydrogen) atoms. The fourth-order valence-electron chi connectivity index (χ4n) is 2.75. The zero-order chi connectivity index (χ0) is 18.2. The van der Waals surface area contributed by atoms with Gasteiger partial charge in [0.1, 0.15) is 0 Å². The van der Waals surface area contributed by atoms with Crippen LogP contribution in [-0.2, 0) is 10.0 Å². The number of anilines is 1. The summed E-state index contributed by atoms with van der Waals surface area (Å²) in [7, 11) is -3.58. The summed E-state index contributed by atoms with van der Waals surface area (Å²) in [6, 6.07) is 10.3. The van der Waals surface area contributed by atoms with E-state index in [-0.39, 0.29) is 9.92 Å². The number of halogens is 3. The summed E-state index contributed by atoms with van der Waals surface area (Å²) >= 11 is 18.0. The molecule has 134 valence electrons. The third-order valence-corrected chi connectivity index (χ3v) is 7.33. The maximum Gasteiger partial charge on any atom is 0.243 e. The molecule has 8 heteroatoms. The first-order chi connectivity index (χ1) is 11.8. The average Bonchev–Trinajstić information content (AvgIpc) is 2.60. The summed E-state index contributed by atoms with van der Waals surface area (Å²) < 4.78 is 27.0. The highest BCUT2D eigenvalue weighted by Gasteiger charge is 2.29. The maximum atomic E-state index is 12.8. The Kier molecular flexibility index (Phi) is 5.51. The van der Waals surface area contributed by atoms with Crippen molar-refractivity contribution in [3.8, 4) is 0 Å². The van der Waals surface area contributed by atoms with Gasteiger partial charge in [0.25, 0.3) is 0 Å². The van der Waals surface area contributed by atoms with Crippen molar-refractivity contribution >= 4 is 50.5 Å². The lowest BCUT2D eigenvalue weighted by atomic mass is 10.2. The first-order valence-corrected chi connectivity index (χ1v) is 10.3. The van der Waals surface area contributed by atoms with Crippen LogP contribution in [-0.4, -0.2) is 38.9 Å². The minimum atomic E-state index is -3.58. The van der Waals surface area contributed by atoms with Gasteiger partial charge in [-0.2, -0.15) is 4.31 Å². The highest BCUT2D eigenvalue weighted by molar-refractivity contribution is 7.89. The molecule has 0 spiro atoms. The second-order valence-electron chi connectivity index (χ2n) is 5.90. The molecule has 3 rings (SSSR count). The van der Waals surface area contributed by atoms with Crippen molar-refractivity contribution in [3.05, 3.63) is 57.0 Å². The third kappa shape index (κ3) is 3.91. The Morgan fingerprint density at radius 2 is 1.52 bits per heavy atom. The molecule has 0 aliphatic carbocycles. The number of hydrogen-bond acceptors (Lipinski definition) is 3. The van der Waals surface area contributed by atoms with Gasteiger partial charge in [-0.15, -0.1) is 0 Å². The molecule has 0 amide bonds. The molecule has 2 aromatic carbocycles.